The maximum absolute atomic E-state index is 10.5. The zero-order valence-electron chi connectivity index (χ0n) is 6.92. The largest absolute Gasteiger partial charge is 0.481 e. The Labute approximate surface area is 66.2 Å². The molecule has 4 nitrogen and oxygen atoms in total. The zero-order chi connectivity index (χ0) is 8.91. The Morgan fingerprint density at radius 1 is 1.55 bits per heavy atom. The van der Waals surface area contributed by atoms with Crippen LogP contribution in [0.1, 0.15) is 13.8 Å². The van der Waals surface area contributed by atoms with E-state index < -0.39 is 11.4 Å². The molecule has 0 radical (unpaired) electrons. The van der Waals surface area contributed by atoms with Gasteiger partial charge in [-0.15, -0.1) is 0 Å². The van der Waals surface area contributed by atoms with Gasteiger partial charge in [0, 0.05) is 13.1 Å². The number of aliphatic hydroxyl groups is 1. The summed E-state index contributed by atoms with van der Waals surface area (Å²) in [4.78, 5) is 10.5. The summed E-state index contributed by atoms with van der Waals surface area (Å²) in [5, 5.41) is 19.9. The third-order valence-electron chi connectivity index (χ3n) is 1.43. The van der Waals surface area contributed by atoms with Gasteiger partial charge in [-0.3, -0.25) is 4.79 Å². The van der Waals surface area contributed by atoms with Crippen LogP contribution in [0.2, 0.25) is 0 Å². The maximum atomic E-state index is 10.5. The molecular weight excluding hydrogens is 146 g/mol. The van der Waals surface area contributed by atoms with Crippen molar-refractivity contribution in [1.29, 1.82) is 0 Å². The van der Waals surface area contributed by atoms with E-state index in [1.54, 1.807) is 13.8 Å². The van der Waals surface area contributed by atoms with Crippen molar-refractivity contribution in [3.63, 3.8) is 0 Å². The third kappa shape index (κ3) is 3.95. The molecule has 0 aliphatic heterocycles. The number of hydrogen-bond acceptors (Lipinski definition) is 3. The fourth-order valence-corrected chi connectivity index (χ4v) is 0.556. The second-order valence-corrected chi connectivity index (χ2v) is 3.09. The number of aliphatic carboxylic acids is 1. The summed E-state index contributed by atoms with van der Waals surface area (Å²) >= 11 is 0. The van der Waals surface area contributed by atoms with Gasteiger partial charge in [0.05, 0.1) is 12.0 Å². The average molecular weight is 161 g/mol. The Hall–Kier alpha value is -0.610. The number of carboxylic acid groups (broad SMARTS) is 1. The highest BCUT2D eigenvalue weighted by Crippen LogP contribution is 2.12. The molecule has 0 saturated carbocycles. The minimum Gasteiger partial charge on any atom is -0.481 e. The van der Waals surface area contributed by atoms with Gasteiger partial charge in [-0.05, 0) is 13.8 Å². The zero-order valence-corrected chi connectivity index (χ0v) is 6.92. The van der Waals surface area contributed by atoms with E-state index in [0.717, 1.165) is 0 Å². The molecule has 0 aromatic rings. The van der Waals surface area contributed by atoms with E-state index in [1.165, 1.54) is 0 Å². The van der Waals surface area contributed by atoms with Crippen LogP contribution in [0.4, 0.5) is 0 Å². The molecule has 0 aromatic carbocycles. The van der Waals surface area contributed by atoms with E-state index in [4.69, 9.17) is 10.2 Å². The van der Waals surface area contributed by atoms with Crippen molar-refractivity contribution in [3.8, 4) is 0 Å². The van der Waals surface area contributed by atoms with Gasteiger partial charge < -0.3 is 15.5 Å². The summed E-state index contributed by atoms with van der Waals surface area (Å²) in [6.07, 6.45) is 0. The summed E-state index contributed by atoms with van der Waals surface area (Å²) < 4.78 is 0. The highest BCUT2D eigenvalue weighted by molar-refractivity contribution is 5.73. The lowest BCUT2D eigenvalue weighted by Gasteiger charge is -2.18. The summed E-state index contributed by atoms with van der Waals surface area (Å²) in [5.41, 5.74) is -0.755. The Kier molecular flexibility index (Phi) is 4.07. The Morgan fingerprint density at radius 3 is 2.45 bits per heavy atom. The van der Waals surface area contributed by atoms with E-state index >= 15 is 0 Å². The van der Waals surface area contributed by atoms with Gasteiger partial charge in [0.1, 0.15) is 0 Å². The molecular formula is C7H15NO3. The van der Waals surface area contributed by atoms with E-state index in [1.807, 2.05) is 0 Å². The van der Waals surface area contributed by atoms with Crippen molar-refractivity contribution in [3.05, 3.63) is 0 Å². The molecule has 0 aliphatic rings. The quantitative estimate of drug-likeness (QED) is 0.483. The molecule has 0 rings (SSSR count). The fourth-order valence-electron chi connectivity index (χ4n) is 0.556. The van der Waals surface area contributed by atoms with Crippen molar-refractivity contribution in [2.45, 2.75) is 13.8 Å². The van der Waals surface area contributed by atoms with Crippen LogP contribution in [0.3, 0.4) is 0 Å². The number of hydrogen-bond donors (Lipinski definition) is 3. The van der Waals surface area contributed by atoms with Gasteiger partial charge in [0.15, 0.2) is 0 Å². The summed E-state index contributed by atoms with van der Waals surface area (Å²) in [6.45, 7) is 4.13. The minimum atomic E-state index is -0.831. The van der Waals surface area contributed by atoms with Crippen LogP contribution >= 0.6 is 0 Å². The fraction of sp³-hybridized carbons (Fsp3) is 0.857. The monoisotopic (exact) mass is 161 g/mol. The Morgan fingerprint density at radius 2 is 2.09 bits per heavy atom. The highest BCUT2D eigenvalue weighted by atomic mass is 16.4. The van der Waals surface area contributed by atoms with E-state index in [0.29, 0.717) is 13.1 Å². The number of carbonyl (C=O) groups is 1. The van der Waals surface area contributed by atoms with Crippen molar-refractivity contribution in [2.75, 3.05) is 19.7 Å². The molecule has 0 unspecified atom stereocenters. The minimum absolute atomic E-state index is 0.0374. The predicted octanol–water partition coefficient (Wildman–Crippen LogP) is -0.321. The van der Waals surface area contributed by atoms with Crippen LogP contribution in [0.5, 0.6) is 0 Å². The second kappa shape index (κ2) is 4.31. The molecule has 3 N–H and O–H groups in total. The summed E-state index contributed by atoms with van der Waals surface area (Å²) in [5.74, 6) is -0.831. The molecule has 0 atom stereocenters. The SMILES string of the molecule is CC(C)(CNCCO)C(=O)O. The number of aliphatic hydroxyl groups excluding tert-OH is 1. The van der Waals surface area contributed by atoms with Crippen molar-refractivity contribution >= 4 is 5.97 Å². The van der Waals surface area contributed by atoms with Gasteiger partial charge in [0.2, 0.25) is 0 Å². The number of carboxylic acids is 1. The molecule has 0 saturated heterocycles. The molecule has 0 spiro atoms. The first kappa shape index (κ1) is 10.4. The predicted molar refractivity (Wildman–Crippen MR) is 41.4 cm³/mol. The normalized spacial score (nSPS) is 11.5. The van der Waals surface area contributed by atoms with E-state index in [-0.39, 0.29) is 6.61 Å². The molecule has 0 fully saturated rings. The van der Waals surface area contributed by atoms with E-state index in [2.05, 4.69) is 5.32 Å². The van der Waals surface area contributed by atoms with E-state index in [9.17, 15) is 4.79 Å². The Balaban J connectivity index is 3.64. The lowest BCUT2D eigenvalue weighted by Crippen LogP contribution is -2.37. The summed E-state index contributed by atoms with van der Waals surface area (Å²) in [6, 6.07) is 0. The van der Waals surface area contributed by atoms with Crippen LogP contribution in [0, 0.1) is 5.41 Å². The highest BCUT2D eigenvalue weighted by Gasteiger charge is 2.25. The number of nitrogens with one attached hydrogen (secondary N) is 1. The lowest BCUT2D eigenvalue weighted by atomic mass is 9.94. The molecule has 0 aliphatic carbocycles. The van der Waals surface area contributed by atoms with Crippen LogP contribution < -0.4 is 5.32 Å². The summed E-state index contributed by atoms with van der Waals surface area (Å²) in [7, 11) is 0. The first-order valence-electron chi connectivity index (χ1n) is 3.55. The van der Waals surface area contributed by atoms with Crippen LogP contribution in [0.25, 0.3) is 0 Å². The maximum Gasteiger partial charge on any atom is 0.310 e. The Bertz CT molecular complexity index is 134. The first-order chi connectivity index (χ1) is 5.00. The molecule has 0 aromatic heterocycles. The molecule has 66 valence electrons. The molecule has 0 heterocycles. The lowest BCUT2D eigenvalue weighted by molar-refractivity contribution is -0.146. The first-order valence-corrected chi connectivity index (χ1v) is 3.55. The topological polar surface area (TPSA) is 69.6 Å². The standard InChI is InChI=1S/C7H15NO3/c1-7(2,6(10)11)5-8-3-4-9/h8-9H,3-5H2,1-2H3,(H,10,11). The van der Waals surface area contributed by atoms with Crippen molar-refractivity contribution in [2.24, 2.45) is 5.41 Å². The van der Waals surface area contributed by atoms with Crippen LogP contribution in [-0.2, 0) is 4.79 Å². The van der Waals surface area contributed by atoms with Gasteiger partial charge >= 0.3 is 5.97 Å². The van der Waals surface area contributed by atoms with Gasteiger partial charge in [-0.25, -0.2) is 0 Å². The molecule has 0 amide bonds. The van der Waals surface area contributed by atoms with Gasteiger partial charge in [-0.2, -0.15) is 0 Å². The van der Waals surface area contributed by atoms with Crippen molar-refractivity contribution in [1.82, 2.24) is 5.32 Å². The molecule has 4 heteroatoms. The van der Waals surface area contributed by atoms with Gasteiger partial charge in [0.25, 0.3) is 0 Å². The third-order valence-corrected chi connectivity index (χ3v) is 1.43. The smallest absolute Gasteiger partial charge is 0.310 e. The number of rotatable bonds is 5. The average Bonchev–Trinajstić information content (AvgIpc) is 1.88. The van der Waals surface area contributed by atoms with Gasteiger partial charge in [-0.1, -0.05) is 0 Å². The van der Waals surface area contributed by atoms with Crippen molar-refractivity contribution < 1.29 is 15.0 Å². The van der Waals surface area contributed by atoms with Crippen LogP contribution in [-0.4, -0.2) is 35.9 Å². The molecule has 0 bridgehead atoms. The van der Waals surface area contributed by atoms with Crippen LogP contribution in [0.15, 0.2) is 0 Å². The molecule has 11 heavy (non-hydrogen) atoms. The second-order valence-electron chi connectivity index (χ2n) is 3.09.